The number of piperazine rings is 1. The minimum atomic E-state index is 0.0947. The van der Waals surface area contributed by atoms with Crippen LogP contribution in [-0.4, -0.2) is 56.7 Å². The van der Waals surface area contributed by atoms with Crippen LogP contribution >= 0.6 is 11.3 Å². The zero-order chi connectivity index (χ0) is 18.8. The molecular formula is C20H25N5OS. The first-order valence-corrected chi connectivity index (χ1v) is 10.4. The molecule has 0 atom stereocenters. The molecule has 0 bridgehead atoms. The average Bonchev–Trinajstić information content (AvgIpc) is 3.32. The second-order valence-corrected chi connectivity index (χ2v) is 8.10. The fraction of sp³-hybridized carbons (Fsp3) is 0.450. The van der Waals surface area contributed by atoms with Crippen molar-refractivity contribution in [1.29, 1.82) is 0 Å². The molecule has 0 radical (unpaired) electrons. The summed E-state index contributed by atoms with van der Waals surface area (Å²) in [5.41, 5.74) is 2.41. The lowest BCUT2D eigenvalue weighted by molar-refractivity contribution is 0.0631. The van der Waals surface area contributed by atoms with Gasteiger partial charge in [0.25, 0.3) is 5.91 Å². The number of hydrogen-bond donors (Lipinski definition) is 0. The summed E-state index contributed by atoms with van der Waals surface area (Å²) in [4.78, 5) is 23.6. The molecule has 0 aromatic carbocycles. The Bertz CT molecular complexity index is 925. The maximum absolute atomic E-state index is 13.2. The maximum atomic E-state index is 13.2. The van der Waals surface area contributed by atoms with Crippen molar-refractivity contribution in [3.63, 3.8) is 0 Å². The van der Waals surface area contributed by atoms with E-state index >= 15 is 0 Å². The van der Waals surface area contributed by atoms with Gasteiger partial charge in [0.2, 0.25) is 0 Å². The van der Waals surface area contributed by atoms with Gasteiger partial charge in [-0.15, -0.1) is 11.3 Å². The van der Waals surface area contributed by atoms with Gasteiger partial charge in [-0.25, -0.2) is 9.67 Å². The van der Waals surface area contributed by atoms with Crippen LogP contribution in [0.15, 0.2) is 29.8 Å². The fourth-order valence-corrected chi connectivity index (χ4v) is 4.37. The van der Waals surface area contributed by atoms with Crippen molar-refractivity contribution in [2.75, 3.05) is 26.2 Å². The summed E-state index contributed by atoms with van der Waals surface area (Å²) in [6.07, 6.45) is 2.78. The van der Waals surface area contributed by atoms with E-state index in [4.69, 9.17) is 0 Å². The van der Waals surface area contributed by atoms with Crippen LogP contribution in [0.4, 0.5) is 0 Å². The first-order valence-electron chi connectivity index (χ1n) is 9.53. The van der Waals surface area contributed by atoms with Crippen molar-refractivity contribution in [2.24, 2.45) is 0 Å². The quantitative estimate of drug-likeness (QED) is 0.679. The highest BCUT2D eigenvalue weighted by molar-refractivity contribution is 7.09. The van der Waals surface area contributed by atoms with Crippen LogP contribution in [0.25, 0.3) is 11.0 Å². The molecule has 4 rings (SSSR count). The molecule has 0 unspecified atom stereocenters. The fourth-order valence-electron chi connectivity index (χ4n) is 3.63. The zero-order valence-corrected chi connectivity index (χ0v) is 16.7. The standard InChI is InChI=1S/C20H25N5OS/c1-3-6-25-19-18(13-21-25)17(12-15(2)22-19)20(26)24-9-7-23(8-10-24)14-16-5-4-11-27-16/h4-5,11-13H,3,6-10,14H2,1-2H3. The molecular weight excluding hydrogens is 358 g/mol. The Morgan fingerprint density at radius 3 is 2.78 bits per heavy atom. The monoisotopic (exact) mass is 383 g/mol. The largest absolute Gasteiger partial charge is 0.336 e. The van der Waals surface area contributed by atoms with Gasteiger partial charge in [0, 0.05) is 49.8 Å². The normalized spacial score (nSPS) is 15.6. The molecule has 3 aromatic heterocycles. The third kappa shape index (κ3) is 3.75. The number of pyridine rings is 1. The van der Waals surface area contributed by atoms with Crippen LogP contribution in [-0.2, 0) is 13.1 Å². The molecule has 0 aliphatic carbocycles. The smallest absolute Gasteiger partial charge is 0.254 e. The summed E-state index contributed by atoms with van der Waals surface area (Å²) in [5, 5.41) is 7.42. The van der Waals surface area contributed by atoms with Crippen molar-refractivity contribution >= 4 is 28.3 Å². The Balaban J connectivity index is 1.50. The van der Waals surface area contributed by atoms with Gasteiger partial charge in [-0.3, -0.25) is 9.69 Å². The number of aromatic nitrogens is 3. The minimum Gasteiger partial charge on any atom is -0.336 e. The van der Waals surface area contributed by atoms with Crippen LogP contribution in [0.5, 0.6) is 0 Å². The lowest BCUT2D eigenvalue weighted by atomic mass is 10.1. The molecule has 1 fully saturated rings. The lowest BCUT2D eigenvalue weighted by Gasteiger charge is -2.34. The number of carbonyl (C=O) groups excluding carboxylic acids is 1. The number of carbonyl (C=O) groups is 1. The first kappa shape index (κ1) is 18.1. The molecule has 27 heavy (non-hydrogen) atoms. The molecule has 1 aliphatic heterocycles. The number of fused-ring (bicyclic) bond motifs is 1. The van der Waals surface area contributed by atoms with Crippen LogP contribution in [0.2, 0.25) is 0 Å². The molecule has 7 heteroatoms. The third-order valence-corrected chi connectivity index (χ3v) is 5.88. The van der Waals surface area contributed by atoms with Crippen LogP contribution in [0.3, 0.4) is 0 Å². The molecule has 0 spiro atoms. The Morgan fingerprint density at radius 1 is 1.26 bits per heavy atom. The second-order valence-electron chi connectivity index (χ2n) is 7.06. The molecule has 6 nitrogen and oxygen atoms in total. The highest BCUT2D eigenvalue weighted by Gasteiger charge is 2.25. The summed E-state index contributed by atoms with van der Waals surface area (Å²) in [5.74, 6) is 0.0947. The SMILES string of the molecule is CCCn1ncc2c(C(=O)N3CCN(Cc4cccs4)CC3)cc(C)nc21. The average molecular weight is 384 g/mol. The molecule has 1 saturated heterocycles. The molecule has 1 aliphatic rings. The summed E-state index contributed by atoms with van der Waals surface area (Å²) in [6, 6.07) is 6.17. The van der Waals surface area contributed by atoms with Crippen LogP contribution < -0.4 is 0 Å². The highest BCUT2D eigenvalue weighted by Crippen LogP contribution is 2.21. The van der Waals surface area contributed by atoms with Crippen molar-refractivity contribution in [2.45, 2.75) is 33.4 Å². The van der Waals surface area contributed by atoms with Crippen molar-refractivity contribution in [3.05, 3.63) is 45.9 Å². The van der Waals surface area contributed by atoms with Crippen LogP contribution in [0, 0.1) is 6.92 Å². The van der Waals surface area contributed by atoms with Crippen molar-refractivity contribution in [1.82, 2.24) is 24.6 Å². The van der Waals surface area contributed by atoms with E-state index in [1.807, 2.05) is 22.6 Å². The number of aryl methyl sites for hydroxylation is 2. The minimum absolute atomic E-state index is 0.0947. The number of nitrogens with zero attached hydrogens (tertiary/aromatic N) is 5. The van der Waals surface area contributed by atoms with E-state index in [1.165, 1.54) is 4.88 Å². The van der Waals surface area contributed by atoms with Gasteiger partial charge in [0.05, 0.1) is 17.1 Å². The van der Waals surface area contributed by atoms with E-state index < -0.39 is 0 Å². The first-order chi connectivity index (χ1) is 13.2. The molecule has 4 heterocycles. The number of rotatable bonds is 5. The topological polar surface area (TPSA) is 54.3 Å². The van der Waals surface area contributed by atoms with Gasteiger partial charge in [-0.2, -0.15) is 5.10 Å². The van der Waals surface area contributed by atoms with E-state index in [1.54, 1.807) is 17.5 Å². The van der Waals surface area contributed by atoms with Gasteiger partial charge in [-0.05, 0) is 30.9 Å². The van der Waals surface area contributed by atoms with Gasteiger partial charge in [0.15, 0.2) is 5.65 Å². The van der Waals surface area contributed by atoms with Gasteiger partial charge in [0.1, 0.15) is 0 Å². The van der Waals surface area contributed by atoms with Crippen molar-refractivity contribution in [3.8, 4) is 0 Å². The lowest BCUT2D eigenvalue weighted by Crippen LogP contribution is -2.48. The predicted octanol–water partition coefficient (Wildman–Crippen LogP) is 3.17. The summed E-state index contributed by atoms with van der Waals surface area (Å²) < 4.78 is 1.90. The second kappa shape index (κ2) is 7.78. The number of thiophene rings is 1. The Morgan fingerprint density at radius 2 is 2.07 bits per heavy atom. The van der Waals surface area contributed by atoms with Gasteiger partial charge in [-0.1, -0.05) is 13.0 Å². The third-order valence-electron chi connectivity index (χ3n) is 5.02. The van der Waals surface area contributed by atoms with E-state index in [-0.39, 0.29) is 5.91 Å². The molecule has 142 valence electrons. The molecule has 0 saturated carbocycles. The van der Waals surface area contributed by atoms with E-state index in [2.05, 4.69) is 39.4 Å². The van der Waals surface area contributed by atoms with Gasteiger partial charge >= 0.3 is 0 Å². The Hall–Kier alpha value is -2.25. The Kier molecular flexibility index (Phi) is 5.22. The molecule has 1 amide bonds. The maximum Gasteiger partial charge on any atom is 0.254 e. The molecule has 3 aromatic rings. The van der Waals surface area contributed by atoms with E-state index in [9.17, 15) is 4.79 Å². The molecule has 0 N–H and O–H groups in total. The number of amides is 1. The summed E-state index contributed by atoms with van der Waals surface area (Å²) >= 11 is 1.79. The van der Waals surface area contributed by atoms with E-state index in [0.29, 0.717) is 0 Å². The van der Waals surface area contributed by atoms with Gasteiger partial charge < -0.3 is 4.90 Å². The van der Waals surface area contributed by atoms with E-state index in [0.717, 1.165) is 68.0 Å². The van der Waals surface area contributed by atoms with Crippen molar-refractivity contribution < 1.29 is 4.79 Å². The summed E-state index contributed by atoms with van der Waals surface area (Å²) in [7, 11) is 0. The highest BCUT2D eigenvalue weighted by atomic mass is 32.1. The Labute approximate surface area is 163 Å². The van der Waals surface area contributed by atoms with Crippen LogP contribution in [0.1, 0.15) is 34.3 Å². The predicted molar refractivity (Wildman–Crippen MR) is 108 cm³/mol. The zero-order valence-electron chi connectivity index (χ0n) is 15.9. The summed E-state index contributed by atoms with van der Waals surface area (Å²) in [6.45, 7) is 9.19. The number of hydrogen-bond acceptors (Lipinski definition) is 5.